The molecule has 0 spiro atoms. The van der Waals surface area contributed by atoms with Crippen LogP contribution in [0.4, 0.5) is 0 Å². The van der Waals surface area contributed by atoms with Crippen molar-refractivity contribution in [1.82, 2.24) is 9.38 Å². The minimum atomic E-state index is 0.875. The highest BCUT2D eigenvalue weighted by Crippen LogP contribution is 2.10. The van der Waals surface area contributed by atoms with Crippen LogP contribution in [0.1, 0.15) is 5.56 Å². The molecule has 0 saturated heterocycles. The second kappa shape index (κ2) is 2.27. The van der Waals surface area contributed by atoms with E-state index in [1.165, 1.54) is 5.56 Å². The van der Waals surface area contributed by atoms with Gasteiger partial charge in [-0.3, -0.25) is 4.40 Å². The first kappa shape index (κ1) is 6.73. The van der Waals surface area contributed by atoms with Crippen molar-refractivity contribution in [3.63, 3.8) is 0 Å². The van der Waals surface area contributed by atoms with Crippen molar-refractivity contribution in [2.24, 2.45) is 0 Å². The zero-order chi connectivity index (χ0) is 7.84. The number of hydrogen-bond donors (Lipinski definition) is 1. The van der Waals surface area contributed by atoms with Crippen LogP contribution in [0.2, 0.25) is 0 Å². The molecule has 2 nitrogen and oxygen atoms in total. The first-order valence-electron chi connectivity index (χ1n) is 3.40. The minimum absolute atomic E-state index is 0.875. The number of fused-ring (bicyclic) bond motifs is 1. The summed E-state index contributed by atoms with van der Waals surface area (Å²) in [5.74, 6) is 0. The summed E-state index contributed by atoms with van der Waals surface area (Å²) in [5.41, 5.74) is 2.17. The topological polar surface area (TPSA) is 17.3 Å². The van der Waals surface area contributed by atoms with Crippen LogP contribution in [-0.2, 0) is 0 Å². The monoisotopic (exact) mass is 164 g/mol. The van der Waals surface area contributed by atoms with Gasteiger partial charge in [-0.05, 0) is 24.6 Å². The van der Waals surface area contributed by atoms with E-state index in [2.05, 4.69) is 17.6 Å². The summed E-state index contributed by atoms with van der Waals surface area (Å²) < 4.78 is 1.94. The first-order chi connectivity index (χ1) is 5.27. The largest absolute Gasteiger partial charge is 0.295 e. The summed E-state index contributed by atoms with van der Waals surface area (Å²) in [6.07, 6.45) is 3.72. The molecule has 0 saturated carbocycles. The van der Waals surface area contributed by atoms with Gasteiger partial charge in [-0.2, -0.15) is 0 Å². The van der Waals surface area contributed by atoms with Gasteiger partial charge in [-0.1, -0.05) is 0 Å². The summed E-state index contributed by atoms with van der Waals surface area (Å²) in [6.45, 7) is 2.05. The summed E-state index contributed by atoms with van der Waals surface area (Å²) in [7, 11) is 0. The van der Waals surface area contributed by atoms with Crippen molar-refractivity contribution in [3.8, 4) is 0 Å². The van der Waals surface area contributed by atoms with E-state index in [1.807, 2.05) is 29.7 Å². The fourth-order valence-electron chi connectivity index (χ4n) is 1.07. The molecule has 2 aromatic rings. The van der Waals surface area contributed by atoms with Gasteiger partial charge in [-0.15, -0.1) is 12.6 Å². The van der Waals surface area contributed by atoms with Crippen LogP contribution in [0.3, 0.4) is 0 Å². The number of rotatable bonds is 0. The molecule has 0 fully saturated rings. The average molecular weight is 164 g/mol. The van der Waals surface area contributed by atoms with E-state index in [-0.39, 0.29) is 0 Å². The molecule has 2 aromatic heterocycles. The average Bonchev–Trinajstić information content (AvgIpc) is 2.32. The Kier molecular flexibility index (Phi) is 1.39. The van der Waals surface area contributed by atoms with E-state index >= 15 is 0 Å². The number of aromatic nitrogens is 2. The van der Waals surface area contributed by atoms with Crippen LogP contribution < -0.4 is 0 Å². The zero-order valence-electron chi connectivity index (χ0n) is 6.15. The fourth-order valence-corrected chi connectivity index (χ4v) is 1.30. The van der Waals surface area contributed by atoms with Gasteiger partial charge in [0.05, 0.1) is 11.2 Å². The normalized spacial score (nSPS) is 10.7. The van der Waals surface area contributed by atoms with Crippen LogP contribution in [0.25, 0.3) is 5.65 Å². The highest BCUT2D eigenvalue weighted by Gasteiger charge is 1.96. The maximum Gasteiger partial charge on any atom is 0.137 e. The van der Waals surface area contributed by atoms with Crippen molar-refractivity contribution in [2.45, 2.75) is 11.9 Å². The zero-order valence-corrected chi connectivity index (χ0v) is 7.05. The van der Waals surface area contributed by atoms with Gasteiger partial charge in [0.2, 0.25) is 0 Å². The predicted octanol–water partition coefficient (Wildman–Crippen LogP) is 1.93. The molecule has 0 bridgehead atoms. The Morgan fingerprint density at radius 3 is 3.18 bits per heavy atom. The van der Waals surface area contributed by atoms with Crippen molar-refractivity contribution >= 4 is 18.3 Å². The molecule has 0 aromatic carbocycles. The molecule has 3 heteroatoms. The lowest BCUT2D eigenvalue weighted by atomic mass is 10.3. The van der Waals surface area contributed by atoms with Crippen LogP contribution in [0.15, 0.2) is 29.6 Å². The van der Waals surface area contributed by atoms with Crippen LogP contribution in [0, 0.1) is 6.92 Å². The van der Waals surface area contributed by atoms with E-state index < -0.39 is 0 Å². The minimum Gasteiger partial charge on any atom is -0.295 e. The van der Waals surface area contributed by atoms with Gasteiger partial charge in [0, 0.05) is 6.20 Å². The fraction of sp³-hybridized carbons (Fsp3) is 0.125. The Hall–Kier alpha value is -0.960. The quantitative estimate of drug-likeness (QED) is 0.589. The number of hydrogen-bond acceptors (Lipinski definition) is 2. The molecule has 0 aliphatic rings. The third kappa shape index (κ3) is 1.01. The maximum atomic E-state index is 4.24. The third-order valence-electron chi connectivity index (χ3n) is 1.65. The summed E-state index contributed by atoms with van der Waals surface area (Å²) >= 11 is 4.24. The molecule has 56 valence electrons. The Labute approximate surface area is 70.3 Å². The number of imidazole rings is 1. The molecule has 0 aliphatic carbocycles. The summed E-state index contributed by atoms with van der Waals surface area (Å²) in [5, 5.41) is 0.875. The number of thiol groups is 1. The highest BCUT2D eigenvalue weighted by atomic mass is 32.1. The molecule has 0 amide bonds. The number of pyridine rings is 1. The van der Waals surface area contributed by atoms with Crippen LogP contribution in [0.5, 0.6) is 0 Å². The SMILES string of the molecule is Cc1ccn2c(S)cnc2c1. The molecule has 0 atom stereocenters. The van der Waals surface area contributed by atoms with E-state index in [4.69, 9.17) is 0 Å². The number of nitrogens with zero attached hydrogens (tertiary/aromatic N) is 2. The Morgan fingerprint density at radius 2 is 2.36 bits per heavy atom. The van der Waals surface area contributed by atoms with Crippen molar-refractivity contribution < 1.29 is 0 Å². The molecule has 11 heavy (non-hydrogen) atoms. The van der Waals surface area contributed by atoms with Gasteiger partial charge >= 0.3 is 0 Å². The van der Waals surface area contributed by atoms with Gasteiger partial charge in [0.1, 0.15) is 5.65 Å². The van der Waals surface area contributed by atoms with Gasteiger partial charge in [-0.25, -0.2) is 4.98 Å². The second-order valence-electron chi connectivity index (χ2n) is 2.55. The first-order valence-corrected chi connectivity index (χ1v) is 3.85. The third-order valence-corrected chi connectivity index (χ3v) is 1.98. The lowest BCUT2D eigenvalue weighted by Crippen LogP contribution is -1.84. The Bertz CT molecular complexity index is 392. The molecular weight excluding hydrogens is 156 g/mol. The van der Waals surface area contributed by atoms with E-state index in [1.54, 1.807) is 6.20 Å². The molecule has 0 radical (unpaired) electrons. The molecule has 0 N–H and O–H groups in total. The van der Waals surface area contributed by atoms with Gasteiger partial charge < -0.3 is 0 Å². The summed E-state index contributed by atoms with van der Waals surface area (Å²) in [4.78, 5) is 4.17. The van der Waals surface area contributed by atoms with Gasteiger partial charge in [0.15, 0.2) is 0 Å². The van der Waals surface area contributed by atoms with Crippen LogP contribution >= 0.6 is 12.6 Å². The molecule has 2 rings (SSSR count). The van der Waals surface area contributed by atoms with Crippen molar-refractivity contribution in [3.05, 3.63) is 30.1 Å². The lowest BCUT2D eigenvalue weighted by molar-refractivity contribution is 1.05. The molecular formula is C8H8N2S. The summed E-state index contributed by atoms with van der Waals surface area (Å²) in [6, 6.07) is 4.06. The highest BCUT2D eigenvalue weighted by molar-refractivity contribution is 7.80. The maximum absolute atomic E-state index is 4.24. The lowest BCUT2D eigenvalue weighted by Gasteiger charge is -1.95. The van der Waals surface area contributed by atoms with E-state index in [9.17, 15) is 0 Å². The number of aryl methyl sites for hydroxylation is 1. The Morgan fingerprint density at radius 1 is 1.55 bits per heavy atom. The van der Waals surface area contributed by atoms with Crippen molar-refractivity contribution in [2.75, 3.05) is 0 Å². The molecule has 0 unspecified atom stereocenters. The van der Waals surface area contributed by atoms with Crippen molar-refractivity contribution in [1.29, 1.82) is 0 Å². The molecule has 2 heterocycles. The smallest absolute Gasteiger partial charge is 0.137 e. The second-order valence-corrected chi connectivity index (χ2v) is 3.01. The predicted molar refractivity (Wildman–Crippen MR) is 47.2 cm³/mol. The van der Waals surface area contributed by atoms with E-state index in [0.29, 0.717) is 0 Å². The Balaban J connectivity index is 2.86. The van der Waals surface area contributed by atoms with Gasteiger partial charge in [0.25, 0.3) is 0 Å². The molecule has 0 aliphatic heterocycles. The standard InChI is InChI=1S/C8H8N2S/c1-6-2-3-10-7(4-6)9-5-8(10)11/h2-5,11H,1H3. The van der Waals surface area contributed by atoms with Crippen LogP contribution in [-0.4, -0.2) is 9.38 Å². The van der Waals surface area contributed by atoms with E-state index in [0.717, 1.165) is 10.7 Å².